The Kier molecular flexibility index (Phi) is 8.20. The SMILES string of the molecule is Cc1ccc(O)c(-n2nc3ccccc3n2)c1.[Si]O[Si]O[Si].c1ccc2n[nH]nc2c1. The van der Waals surface area contributed by atoms with Gasteiger partial charge < -0.3 is 13.3 Å². The monoisotopic (exact) mass is 460 g/mol. The van der Waals surface area contributed by atoms with Crippen LogP contribution in [0, 0.1) is 6.92 Å². The molecular formula is C19H16N6O3Si3. The van der Waals surface area contributed by atoms with Crippen LogP contribution in [0.5, 0.6) is 5.75 Å². The fourth-order valence-corrected chi connectivity index (χ4v) is 3.11. The number of rotatable bonds is 3. The lowest BCUT2D eigenvalue weighted by Crippen LogP contribution is -1.99. The number of phenolic OH excluding ortho intramolecular Hbond substituents is 1. The van der Waals surface area contributed by atoms with E-state index in [0.29, 0.717) is 5.69 Å². The van der Waals surface area contributed by atoms with Gasteiger partial charge in [0.25, 0.3) is 0 Å². The number of nitrogens with zero attached hydrogens (tertiary/aromatic N) is 5. The van der Waals surface area contributed by atoms with Crippen molar-refractivity contribution in [2.45, 2.75) is 6.92 Å². The van der Waals surface area contributed by atoms with Gasteiger partial charge in [0, 0.05) is 0 Å². The zero-order valence-corrected chi connectivity index (χ0v) is 19.4. The van der Waals surface area contributed by atoms with E-state index in [9.17, 15) is 5.11 Å². The summed E-state index contributed by atoms with van der Waals surface area (Å²) in [6.07, 6.45) is 0. The predicted molar refractivity (Wildman–Crippen MR) is 119 cm³/mol. The molecule has 2 aromatic heterocycles. The second kappa shape index (κ2) is 11.3. The molecule has 0 amide bonds. The van der Waals surface area contributed by atoms with Crippen molar-refractivity contribution < 1.29 is 13.3 Å². The number of aromatic nitrogens is 6. The van der Waals surface area contributed by atoms with Crippen LogP contribution in [0.4, 0.5) is 0 Å². The Balaban J connectivity index is 0.000000162. The smallest absolute Gasteiger partial charge is 0.409 e. The van der Waals surface area contributed by atoms with E-state index >= 15 is 0 Å². The van der Waals surface area contributed by atoms with Crippen molar-refractivity contribution in [2.24, 2.45) is 0 Å². The molecule has 5 rings (SSSR count). The number of aromatic hydroxyl groups is 1. The lowest BCUT2D eigenvalue weighted by Gasteiger charge is -2.03. The number of nitrogens with one attached hydrogen (secondary N) is 1. The van der Waals surface area contributed by atoms with Crippen molar-refractivity contribution >= 4 is 53.0 Å². The summed E-state index contributed by atoms with van der Waals surface area (Å²) in [5.74, 6) is 0.177. The lowest BCUT2D eigenvalue weighted by atomic mass is 10.2. The molecule has 12 heteroatoms. The van der Waals surface area contributed by atoms with Crippen molar-refractivity contribution in [2.75, 3.05) is 0 Å². The van der Waals surface area contributed by atoms with Gasteiger partial charge in [0.1, 0.15) is 33.5 Å². The van der Waals surface area contributed by atoms with E-state index < -0.39 is 0 Å². The Labute approximate surface area is 187 Å². The van der Waals surface area contributed by atoms with Crippen LogP contribution in [0.25, 0.3) is 27.8 Å². The quantitative estimate of drug-likeness (QED) is 0.397. The number of H-pyrrole nitrogens is 1. The molecule has 3 aromatic carbocycles. The van der Waals surface area contributed by atoms with Crippen molar-refractivity contribution in [1.82, 2.24) is 30.4 Å². The zero-order valence-electron chi connectivity index (χ0n) is 16.4. The van der Waals surface area contributed by atoms with Gasteiger partial charge in [0.05, 0.1) is 0 Å². The van der Waals surface area contributed by atoms with Crippen molar-refractivity contribution in [3.8, 4) is 11.4 Å². The maximum atomic E-state index is 9.81. The average molecular weight is 461 g/mol. The van der Waals surface area contributed by atoms with Crippen molar-refractivity contribution in [3.05, 3.63) is 72.3 Å². The molecule has 0 fully saturated rings. The highest BCUT2D eigenvalue weighted by Crippen LogP contribution is 2.22. The van der Waals surface area contributed by atoms with Crippen molar-refractivity contribution in [3.63, 3.8) is 0 Å². The summed E-state index contributed by atoms with van der Waals surface area (Å²) in [5.41, 5.74) is 5.11. The number of fused-ring (bicyclic) bond motifs is 2. The van der Waals surface area contributed by atoms with Crippen LogP contribution >= 0.6 is 0 Å². The normalized spacial score (nSPS) is 10.3. The Morgan fingerprint density at radius 1 is 0.839 bits per heavy atom. The predicted octanol–water partition coefficient (Wildman–Crippen LogP) is 2.11. The first-order chi connectivity index (χ1) is 15.1. The highest BCUT2D eigenvalue weighted by Gasteiger charge is 2.08. The standard InChI is InChI=1S/C13H11N3O.C6H5N3.O2Si3/c1-9-6-7-13(17)12(8-9)16-14-10-4-2-3-5-11(10)15-16;1-2-4-6-5(3-1)7-9-8-6;3-1-5-2-4/h2-8,17H,1H3;1-4H,(H,7,8,9);. The second-order valence-corrected chi connectivity index (χ2v) is 7.87. The van der Waals surface area contributed by atoms with Gasteiger partial charge in [0.2, 0.25) is 21.0 Å². The third-order valence-corrected chi connectivity index (χ3v) is 4.61. The third kappa shape index (κ3) is 6.16. The van der Waals surface area contributed by atoms with Gasteiger partial charge in [-0.25, -0.2) is 0 Å². The molecule has 0 atom stereocenters. The maximum Gasteiger partial charge on any atom is 0.409 e. The first-order valence-electron chi connectivity index (χ1n) is 8.90. The molecule has 0 aliphatic rings. The number of aromatic amines is 1. The maximum absolute atomic E-state index is 9.81. The highest BCUT2D eigenvalue weighted by molar-refractivity contribution is 6.33. The summed E-state index contributed by atoms with van der Waals surface area (Å²) in [6.45, 7) is 1.96. The number of benzene rings is 3. The molecule has 152 valence electrons. The van der Waals surface area contributed by atoms with E-state index in [1.807, 2.05) is 67.6 Å². The fraction of sp³-hybridized carbons (Fsp3) is 0.0526. The van der Waals surface area contributed by atoms with E-state index in [4.69, 9.17) is 0 Å². The number of phenols is 1. The van der Waals surface area contributed by atoms with Gasteiger partial charge >= 0.3 is 10.0 Å². The summed E-state index contributed by atoms with van der Waals surface area (Å²) in [5, 5.41) is 28.8. The minimum Gasteiger partial charge on any atom is -0.506 e. The van der Waals surface area contributed by atoms with Crippen LogP contribution in [0.1, 0.15) is 5.56 Å². The summed E-state index contributed by atoms with van der Waals surface area (Å²) in [4.78, 5) is 1.47. The van der Waals surface area contributed by atoms with Crippen molar-refractivity contribution in [1.29, 1.82) is 0 Å². The van der Waals surface area contributed by atoms with Gasteiger partial charge in [-0.3, -0.25) is 0 Å². The van der Waals surface area contributed by atoms with Crippen LogP contribution in [0.2, 0.25) is 0 Å². The van der Waals surface area contributed by atoms with Gasteiger partial charge in [-0.15, -0.1) is 15.0 Å². The van der Waals surface area contributed by atoms with Gasteiger partial charge in [-0.1, -0.05) is 30.3 Å². The first kappa shape index (κ1) is 22.5. The van der Waals surface area contributed by atoms with Gasteiger partial charge in [-0.2, -0.15) is 15.4 Å². The molecule has 0 bridgehead atoms. The minimum atomic E-state index is 0.0247. The molecule has 31 heavy (non-hydrogen) atoms. The Morgan fingerprint density at radius 3 is 1.84 bits per heavy atom. The Bertz CT molecular complexity index is 1180. The van der Waals surface area contributed by atoms with Crippen LogP contribution in [0.15, 0.2) is 66.7 Å². The number of aryl methyl sites for hydroxylation is 1. The molecule has 8 radical (unpaired) electrons. The molecule has 0 unspecified atom stereocenters. The number of hydrogen-bond acceptors (Lipinski definition) is 7. The Hall–Kier alpha value is -3.17. The second-order valence-electron chi connectivity index (χ2n) is 6.07. The molecule has 0 spiro atoms. The average Bonchev–Trinajstić information content (AvgIpc) is 3.43. The summed E-state index contributed by atoms with van der Waals surface area (Å²) >= 11 is 0. The molecule has 2 N–H and O–H groups in total. The molecule has 0 saturated carbocycles. The highest BCUT2D eigenvalue weighted by atomic mass is 28.3. The molecule has 9 nitrogen and oxygen atoms in total. The van der Waals surface area contributed by atoms with E-state index in [1.165, 1.54) is 4.80 Å². The summed E-state index contributed by atoms with van der Waals surface area (Å²) in [7, 11) is 5.44. The third-order valence-electron chi connectivity index (χ3n) is 3.94. The van der Waals surface area contributed by atoms with E-state index in [-0.39, 0.29) is 15.8 Å². The molecular weight excluding hydrogens is 445 g/mol. The van der Waals surface area contributed by atoms with Crippen LogP contribution in [-0.4, -0.2) is 66.5 Å². The first-order valence-corrected chi connectivity index (χ1v) is 10.5. The van der Waals surface area contributed by atoms with E-state index in [2.05, 4.69) is 54.8 Å². The van der Waals surface area contributed by atoms with Crippen LogP contribution in [0.3, 0.4) is 0 Å². The molecule has 0 aliphatic carbocycles. The summed E-state index contributed by atoms with van der Waals surface area (Å²) < 4.78 is 8.51. The lowest BCUT2D eigenvalue weighted by molar-refractivity contribution is 0.467. The molecule has 2 heterocycles. The largest absolute Gasteiger partial charge is 0.506 e. The fourth-order valence-electron chi connectivity index (χ4n) is 2.57. The zero-order chi connectivity index (χ0) is 22.1. The molecule has 0 saturated heterocycles. The molecule has 5 aromatic rings. The number of hydrogen-bond donors (Lipinski definition) is 2. The number of para-hydroxylation sites is 2. The van der Waals surface area contributed by atoms with Crippen LogP contribution < -0.4 is 0 Å². The van der Waals surface area contributed by atoms with Crippen LogP contribution in [-0.2, 0) is 8.23 Å². The van der Waals surface area contributed by atoms with Gasteiger partial charge in [0.15, 0.2) is 0 Å². The van der Waals surface area contributed by atoms with E-state index in [0.717, 1.165) is 27.6 Å². The Morgan fingerprint density at radius 2 is 1.35 bits per heavy atom. The van der Waals surface area contributed by atoms with E-state index in [1.54, 1.807) is 6.07 Å². The summed E-state index contributed by atoms with van der Waals surface area (Å²) in [6, 6.07) is 20.7. The topological polar surface area (TPSA) is 111 Å². The van der Waals surface area contributed by atoms with Gasteiger partial charge in [-0.05, 0) is 48.9 Å². The molecule has 0 aliphatic heterocycles. The minimum absolute atomic E-state index is 0.0247.